The lowest BCUT2D eigenvalue weighted by Crippen LogP contribution is -2.41. The van der Waals surface area contributed by atoms with E-state index in [1.807, 2.05) is 67.3 Å². The molecule has 2 amide bonds. The molecule has 4 rings (SSSR count). The Morgan fingerprint density at radius 2 is 1.85 bits per heavy atom. The highest BCUT2D eigenvalue weighted by atomic mass is 16.2. The molecule has 27 heavy (non-hydrogen) atoms. The molecule has 0 saturated carbocycles. The van der Waals surface area contributed by atoms with Gasteiger partial charge in [-0.25, -0.2) is 0 Å². The molecule has 1 atom stereocenters. The molecule has 1 fully saturated rings. The minimum atomic E-state index is -0.462. The number of amides is 2. The first-order chi connectivity index (χ1) is 13.0. The standard InChI is InChI=1S/C22H23N3O2/c1-14-3-6-16(7-4-14)13-25-10-9-18(22(25)27)24-21(26)20-12-17-8-5-15(2)11-19(17)23-20/h3-8,11-12,18,23H,9-10,13H2,1-2H3,(H,24,26)/t18-/m1/s1. The van der Waals surface area contributed by atoms with Crippen LogP contribution in [0.15, 0.2) is 48.5 Å². The highest BCUT2D eigenvalue weighted by Gasteiger charge is 2.33. The number of carbonyl (C=O) groups excluding carboxylic acids is 2. The maximum Gasteiger partial charge on any atom is 0.268 e. The van der Waals surface area contributed by atoms with E-state index in [9.17, 15) is 9.59 Å². The van der Waals surface area contributed by atoms with Crippen molar-refractivity contribution < 1.29 is 9.59 Å². The van der Waals surface area contributed by atoms with E-state index < -0.39 is 6.04 Å². The summed E-state index contributed by atoms with van der Waals surface area (Å²) in [5, 5.41) is 3.87. The second-order valence-corrected chi connectivity index (χ2v) is 7.33. The van der Waals surface area contributed by atoms with E-state index in [0.29, 0.717) is 25.2 Å². The summed E-state index contributed by atoms with van der Waals surface area (Å²) >= 11 is 0. The van der Waals surface area contributed by atoms with Gasteiger partial charge >= 0.3 is 0 Å². The molecule has 1 aromatic heterocycles. The number of likely N-dealkylation sites (tertiary alicyclic amines) is 1. The van der Waals surface area contributed by atoms with Crippen molar-refractivity contribution in [2.45, 2.75) is 32.9 Å². The van der Waals surface area contributed by atoms with Crippen LogP contribution in [0.25, 0.3) is 10.9 Å². The lowest BCUT2D eigenvalue weighted by Gasteiger charge is -2.17. The van der Waals surface area contributed by atoms with Crippen LogP contribution >= 0.6 is 0 Å². The van der Waals surface area contributed by atoms with Gasteiger partial charge in [0.15, 0.2) is 0 Å². The van der Waals surface area contributed by atoms with Crippen molar-refractivity contribution in [1.82, 2.24) is 15.2 Å². The van der Waals surface area contributed by atoms with Gasteiger partial charge in [0, 0.05) is 24.0 Å². The normalized spacial score (nSPS) is 16.9. The molecular formula is C22H23N3O2. The number of aromatic nitrogens is 1. The van der Waals surface area contributed by atoms with Crippen LogP contribution in [0.2, 0.25) is 0 Å². The number of hydrogen-bond acceptors (Lipinski definition) is 2. The minimum absolute atomic E-state index is 0.0177. The number of carbonyl (C=O) groups is 2. The lowest BCUT2D eigenvalue weighted by molar-refractivity contribution is -0.129. The van der Waals surface area contributed by atoms with Crippen LogP contribution in [0.1, 0.15) is 33.6 Å². The summed E-state index contributed by atoms with van der Waals surface area (Å²) in [6.45, 7) is 5.29. The largest absolute Gasteiger partial charge is 0.351 e. The highest BCUT2D eigenvalue weighted by Crippen LogP contribution is 2.19. The first kappa shape index (κ1) is 17.3. The van der Waals surface area contributed by atoms with Gasteiger partial charge in [-0.2, -0.15) is 0 Å². The summed E-state index contributed by atoms with van der Waals surface area (Å²) < 4.78 is 0. The number of rotatable bonds is 4. The van der Waals surface area contributed by atoms with Crippen LogP contribution in [0.5, 0.6) is 0 Å². The summed E-state index contributed by atoms with van der Waals surface area (Å²) in [7, 11) is 0. The highest BCUT2D eigenvalue weighted by molar-refractivity contribution is 6.00. The monoisotopic (exact) mass is 361 g/mol. The SMILES string of the molecule is Cc1ccc(CN2CC[C@@H](NC(=O)c3cc4ccc(C)cc4[nH]3)C2=O)cc1. The number of H-pyrrole nitrogens is 1. The number of fused-ring (bicyclic) bond motifs is 1. The second kappa shape index (κ2) is 6.91. The number of benzene rings is 2. The number of hydrogen-bond donors (Lipinski definition) is 2. The molecule has 0 spiro atoms. The molecule has 0 bridgehead atoms. The average molecular weight is 361 g/mol. The first-order valence-electron chi connectivity index (χ1n) is 9.24. The van der Waals surface area contributed by atoms with Gasteiger partial charge in [-0.3, -0.25) is 9.59 Å². The summed E-state index contributed by atoms with van der Waals surface area (Å²) in [5.74, 6) is -0.254. The first-order valence-corrected chi connectivity index (χ1v) is 9.24. The summed E-state index contributed by atoms with van der Waals surface area (Å²) in [6.07, 6.45) is 0.635. The Morgan fingerprint density at radius 1 is 1.11 bits per heavy atom. The van der Waals surface area contributed by atoms with Gasteiger partial charge in [-0.05, 0) is 43.5 Å². The van der Waals surface area contributed by atoms with Crippen LogP contribution in [0, 0.1) is 13.8 Å². The van der Waals surface area contributed by atoms with E-state index in [1.54, 1.807) is 0 Å². The molecule has 5 heteroatoms. The number of nitrogens with zero attached hydrogens (tertiary/aromatic N) is 1. The van der Waals surface area contributed by atoms with Gasteiger partial charge in [-0.15, -0.1) is 0 Å². The van der Waals surface area contributed by atoms with Gasteiger partial charge in [-0.1, -0.05) is 42.0 Å². The third kappa shape index (κ3) is 3.58. The van der Waals surface area contributed by atoms with Crippen LogP contribution in [0.3, 0.4) is 0 Å². The van der Waals surface area contributed by atoms with Crippen LogP contribution in [0.4, 0.5) is 0 Å². The smallest absolute Gasteiger partial charge is 0.268 e. The molecule has 1 aliphatic rings. The fourth-order valence-electron chi connectivity index (χ4n) is 3.54. The Morgan fingerprint density at radius 3 is 2.63 bits per heavy atom. The zero-order valence-electron chi connectivity index (χ0n) is 15.6. The molecule has 0 aliphatic carbocycles. The fourth-order valence-corrected chi connectivity index (χ4v) is 3.54. The van der Waals surface area contributed by atoms with E-state index in [1.165, 1.54) is 5.56 Å². The Balaban J connectivity index is 1.42. The minimum Gasteiger partial charge on any atom is -0.351 e. The zero-order valence-corrected chi connectivity index (χ0v) is 15.6. The Kier molecular flexibility index (Phi) is 4.44. The van der Waals surface area contributed by atoms with E-state index in [2.05, 4.69) is 10.3 Å². The molecule has 5 nitrogen and oxygen atoms in total. The fraction of sp³-hybridized carbons (Fsp3) is 0.273. The molecule has 2 N–H and O–H groups in total. The third-order valence-electron chi connectivity index (χ3n) is 5.12. The van der Waals surface area contributed by atoms with E-state index in [4.69, 9.17) is 0 Å². The van der Waals surface area contributed by atoms with Crippen LogP contribution in [-0.4, -0.2) is 34.3 Å². The van der Waals surface area contributed by atoms with Gasteiger partial charge in [0.25, 0.3) is 5.91 Å². The topological polar surface area (TPSA) is 65.2 Å². The molecule has 0 unspecified atom stereocenters. The van der Waals surface area contributed by atoms with Crippen molar-refractivity contribution in [3.8, 4) is 0 Å². The predicted molar refractivity (Wildman–Crippen MR) is 106 cm³/mol. The summed E-state index contributed by atoms with van der Waals surface area (Å²) in [5.41, 5.74) is 4.85. The molecule has 1 aliphatic heterocycles. The van der Waals surface area contributed by atoms with Crippen molar-refractivity contribution in [3.05, 3.63) is 70.9 Å². The number of nitrogens with one attached hydrogen (secondary N) is 2. The Bertz CT molecular complexity index is 1000. The van der Waals surface area contributed by atoms with Crippen molar-refractivity contribution in [3.63, 3.8) is 0 Å². The summed E-state index contributed by atoms with van der Waals surface area (Å²) in [4.78, 5) is 30.2. The zero-order chi connectivity index (χ0) is 19.0. The van der Waals surface area contributed by atoms with Crippen LogP contribution in [-0.2, 0) is 11.3 Å². The number of aryl methyl sites for hydroxylation is 2. The molecule has 2 aromatic carbocycles. The van der Waals surface area contributed by atoms with Crippen molar-refractivity contribution in [2.75, 3.05) is 6.54 Å². The van der Waals surface area contributed by atoms with Crippen LogP contribution < -0.4 is 5.32 Å². The Labute approximate surface area is 158 Å². The molecule has 138 valence electrons. The molecular weight excluding hydrogens is 338 g/mol. The number of aromatic amines is 1. The van der Waals surface area contributed by atoms with E-state index in [0.717, 1.165) is 22.0 Å². The predicted octanol–water partition coefficient (Wildman–Crippen LogP) is 3.32. The Hall–Kier alpha value is -3.08. The molecule has 0 radical (unpaired) electrons. The summed E-state index contributed by atoms with van der Waals surface area (Å²) in [6, 6.07) is 15.6. The van der Waals surface area contributed by atoms with Gasteiger partial charge in [0.2, 0.25) is 5.91 Å². The van der Waals surface area contributed by atoms with Gasteiger partial charge < -0.3 is 15.2 Å². The van der Waals surface area contributed by atoms with Crippen molar-refractivity contribution in [1.29, 1.82) is 0 Å². The van der Waals surface area contributed by atoms with Gasteiger partial charge in [0.05, 0.1) is 0 Å². The van der Waals surface area contributed by atoms with Gasteiger partial charge in [0.1, 0.15) is 11.7 Å². The third-order valence-corrected chi connectivity index (χ3v) is 5.12. The molecule has 1 saturated heterocycles. The van der Waals surface area contributed by atoms with Crippen molar-refractivity contribution >= 4 is 22.7 Å². The molecule has 2 heterocycles. The van der Waals surface area contributed by atoms with E-state index >= 15 is 0 Å². The maximum absolute atomic E-state index is 12.7. The second-order valence-electron chi connectivity index (χ2n) is 7.33. The average Bonchev–Trinajstić information content (AvgIpc) is 3.21. The lowest BCUT2D eigenvalue weighted by atomic mass is 10.1. The maximum atomic E-state index is 12.7. The van der Waals surface area contributed by atoms with Crippen molar-refractivity contribution in [2.24, 2.45) is 0 Å². The van der Waals surface area contributed by atoms with E-state index in [-0.39, 0.29) is 11.8 Å². The quantitative estimate of drug-likeness (QED) is 0.749. The molecule has 3 aromatic rings.